The number of carbonyl (C=O) groups is 2. The van der Waals surface area contributed by atoms with Crippen LogP contribution in [0.15, 0.2) is 18.2 Å². The second-order valence-electron chi connectivity index (χ2n) is 5.31. The zero-order chi connectivity index (χ0) is 14.8. The number of ether oxygens (including phenoxy) is 1. The Morgan fingerprint density at radius 1 is 1.38 bits per heavy atom. The summed E-state index contributed by atoms with van der Waals surface area (Å²) in [6.07, 6.45) is 2.71. The van der Waals surface area contributed by atoms with Crippen LogP contribution in [0, 0.1) is 0 Å². The molecule has 2 amide bonds. The first-order chi connectivity index (χ1) is 10.1. The second-order valence-corrected chi connectivity index (χ2v) is 5.71. The van der Waals surface area contributed by atoms with Crippen LogP contribution in [0.5, 0.6) is 0 Å². The molecule has 6 heteroatoms. The van der Waals surface area contributed by atoms with Gasteiger partial charge in [-0.05, 0) is 37.5 Å². The molecule has 1 aromatic carbocycles. The molecule has 5 nitrogen and oxygen atoms in total. The lowest BCUT2D eigenvalue weighted by atomic mass is 10.2. The Labute approximate surface area is 128 Å². The third-order valence-electron chi connectivity index (χ3n) is 3.80. The minimum absolute atomic E-state index is 0.0908. The van der Waals surface area contributed by atoms with Crippen molar-refractivity contribution in [2.45, 2.75) is 31.8 Å². The topological polar surface area (TPSA) is 58.6 Å². The number of nitrogens with zero attached hydrogens (tertiary/aromatic N) is 1. The molecule has 2 aliphatic rings. The number of nitrogens with one attached hydrogen (secondary N) is 1. The van der Waals surface area contributed by atoms with Gasteiger partial charge in [0.05, 0.1) is 10.7 Å². The highest BCUT2D eigenvalue weighted by atomic mass is 35.5. The number of carbonyl (C=O) groups excluding carboxylic acids is 2. The van der Waals surface area contributed by atoms with Crippen molar-refractivity contribution in [2.24, 2.45) is 0 Å². The van der Waals surface area contributed by atoms with Crippen molar-refractivity contribution in [1.29, 1.82) is 0 Å². The van der Waals surface area contributed by atoms with E-state index in [4.69, 9.17) is 16.3 Å². The van der Waals surface area contributed by atoms with E-state index in [-0.39, 0.29) is 17.9 Å². The van der Waals surface area contributed by atoms with Gasteiger partial charge in [-0.25, -0.2) is 0 Å². The number of hydrogen-bond acceptors (Lipinski definition) is 3. The van der Waals surface area contributed by atoms with Gasteiger partial charge in [-0.15, -0.1) is 0 Å². The van der Waals surface area contributed by atoms with E-state index in [9.17, 15) is 9.59 Å². The summed E-state index contributed by atoms with van der Waals surface area (Å²) in [6.45, 7) is 1.33. The van der Waals surface area contributed by atoms with Crippen LogP contribution in [0.2, 0.25) is 5.02 Å². The first-order valence-corrected chi connectivity index (χ1v) is 7.55. The van der Waals surface area contributed by atoms with Crippen LogP contribution in [0.4, 0.5) is 11.4 Å². The third-order valence-corrected chi connectivity index (χ3v) is 4.10. The number of benzene rings is 1. The Morgan fingerprint density at radius 3 is 2.86 bits per heavy atom. The number of rotatable bonds is 3. The molecule has 2 fully saturated rings. The molecule has 1 N–H and O–H groups in total. The van der Waals surface area contributed by atoms with Crippen molar-refractivity contribution in [3.05, 3.63) is 23.2 Å². The summed E-state index contributed by atoms with van der Waals surface area (Å²) in [5, 5.41) is 3.27. The average Bonchev–Trinajstić information content (AvgIpc) is 3.10. The fourth-order valence-electron chi connectivity index (χ4n) is 2.71. The first-order valence-electron chi connectivity index (χ1n) is 7.17. The van der Waals surface area contributed by atoms with Gasteiger partial charge in [-0.1, -0.05) is 11.6 Å². The quantitative estimate of drug-likeness (QED) is 0.933. The van der Waals surface area contributed by atoms with Crippen LogP contribution in [0.25, 0.3) is 0 Å². The number of amides is 2. The second kappa shape index (κ2) is 6.03. The van der Waals surface area contributed by atoms with E-state index >= 15 is 0 Å². The first kappa shape index (κ1) is 14.4. The summed E-state index contributed by atoms with van der Waals surface area (Å²) < 4.78 is 5.34. The van der Waals surface area contributed by atoms with E-state index in [1.807, 2.05) is 0 Å². The molecular weight excluding hydrogens is 292 g/mol. The lowest BCUT2D eigenvalue weighted by Gasteiger charge is -2.18. The van der Waals surface area contributed by atoms with Crippen molar-refractivity contribution in [1.82, 2.24) is 0 Å². The molecule has 112 valence electrons. The van der Waals surface area contributed by atoms with Crippen molar-refractivity contribution in [3.8, 4) is 0 Å². The maximum atomic E-state index is 12.0. The molecule has 3 rings (SSSR count). The monoisotopic (exact) mass is 308 g/mol. The lowest BCUT2D eigenvalue weighted by molar-refractivity contribution is -0.124. The number of halogens is 1. The summed E-state index contributed by atoms with van der Waals surface area (Å²) in [5.41, 5.74) is 1.32. The van der Waals surface area contributed by atoms with Crippen molar-refractivity contribution >= 4 is 34.8 Å². The Bertz CT molecular complexity index is 570. The molecule has 0 bridgehead atoms. The van der Waals surface area contributed by atoms with Gasteiger partial charge in [0.25, 0.3) is 5.91 Å². The molecule has 21 heavy (non-hydrogen) atoms. The molecule has 2 heterocycles. The fraction of sp³-hybridized carbons (Fsp3) is 0.467. The molecule has 0 aromatic heterocycles. The Morgan fingerprint density at radius 2 is 2.24 bits per heavy atom. The minimum Gasteiger partial charge on any atom is -0.368 e. The van der Waals surface area contributed by atoms with Crippen molar-refractivity contribution in [2.75, 3.05) is 23.4 Å². The predicted octanol–water partition coefficient (Wildman–Crippen LogP) is 2.58. The number of anilines is 2. The van der Waals surface area contributed by atoms with Gasteiger partial charge in [0.15, 0.2) is 0 Å². The van der Waals surface area contributed by atoms with E-state index in [1.165, 1.54) is 0 Å². The molecule has 0 saturated carbocycles. The van der Waals surface area contributed by atoms with Crippen LogP contribution in [0.1, 0.15) is 25.7 Å². The molecule has 0 aliphatic carbocycles. The lowest BCUT2D eigenvalue weighted by Crippen LogP contribution is -2.27. The largest absolute Gasteiger partial charge is 0.368 e. The number of hydrogen-bond donors (Lipinski definition) is 1. The molecule has 1 aromatic rings. The average molecular weight is 309 g/mol. The standard InChI is InChI=1S/C15H17ClN2O3/c16-11-9-10(17-15(20)13-3-2-8-21-13)5-6-12(11)18-7-1-4-14(18)19/h5-6,9,13H,1-4,7-8H2,(H,17,20)/t13-/m1/s1. The highest BCUT2D eigenvalue weighted by Crippen LogP contribution is 2.31. The van der Waals surface area contributed by atoms with Crippen LogP contribution in [-0.4, -0.2) is 31.1 Å². The summed E-state index contributed by atoms with van der Waals surface area (Å²) in [5.74, 6) is -0.0541. The van der Waals surface area contributed by atoms with Crippen LogP contribution in [0.3, 0.4) is 0 Å². The summed E-state index contributed by atoms with van der Waals surface area (Å²) >= 11 is 6.24. The SMILES string of the molecule is O=C(Nc1ccc(N2CCCC2=O)c(Cl)c1)[C@H]1CCCO1. The molecule has 0 radical (unpaired) electrons. The van der Waals surface area contributed by atoms with Gasteiger partial charge in [0.1, 0.15) is 6.10 Å². The smallest absolute Gasteiger partial charge is 0.253 e. The molecule has 2 aliphatic heterocycles. The molecule has 1 atom stereocenters. The highest BCUT2D eigenvalue weighted by molar-refractivity contribution is 6.34. The summed E-state index contributed by atoms with van der Waals surface area (Å²) in [7, 11) is 0. The summed E-state index contributed by atoms with van der Waals surface area (Å²) in [6, 6.07) is 5.21. The normalized spacial score (nSPS) is 21.9. The molecule has 0 spiro atoms. The van der Waals surface area contributed by atoms with E-state index in [1.54, 1.807) is 23.1 Å². The maximum Gasteiger partial charge on any atom is 0.253 e. The highest BCUT2D eigenvalue weighted by Gasteiger charge is 2.25. The fourth-order valence-corrected chi connectivity index (χ4v) is 3.00. The van der Waals surface area contributed by atoms with Gasteiger partial charge in [0, 0.05) is 25.3 Å². The van der Waals surface area contributed by atoms with Gasteiger partial charge >= 0.3 is 0 Å². The zero-order valence-electron chi connectivity index (χ0n) is 11.6. The van der Waals surface area contributed by atoms with E-state index in [0.717, 1.165) is 19.3 Å². The molecular formula is C15H17ClN2O3. The van der Waals surface area contributed by atoms with Gasteiger partial charge in [-0.2, -0.15) is 0 Å². The molecule has 0 unspecified atom stereocenters. The Hall–Kier alpha value is -1.59. The maximum absolute atomic E-state index is 12.0. The molecule has 2 saturated heterocycles. The Kier molecular flexibility index (Phi) is 4.12. The van der Waals surface area contributed by atoms with Crippen LogP contribution >= 0.6 is 11.6 Å². The van der Waals surface area contributed by atoms with E-state index in [2.05, 4.69) is 5.32 Å². The predicted molar refractivity (Wildman–Crippen MR) is 80.6 cm³/mol. The van der Waals surface area contributed by atoms with E-state index in [0.29, 0.717) is 36.0 Å². The van der Waals surface area contributed by atoms with Crippen LogP contribution < -0.4 is 10.2 Å². The van der Waals surface area contributed by atoms with Crippen molar-refractivity contribution < 1.29 is 14.3 Å². The van der Waals surface area contributed by atoms with Gasteiger partial charge in [-0.3, -0.25) is 9.59 Å². The Balaban J connectivity index is 1.71. The van der Waals surface area contributed by atoms with Gasteiger partial charge < -0.3 is 15.0 Å². The van der Waals surface area contributed by atoms with Crippen molar-refractivity contribution in [3.63, 3.8) is 0 Å². The summed E-state index contributed by atoms with van der Waals surface area (Å²) in [4.78, 5) is 25.4. The van der Waals surface area contributed by atoms with E-state index < -0.39 is 0 Å². The van der Waals surface area contributed by atoms with Crippen LogP contribution in [-0.2, 0) is 14.3 Å². The third kappa shape index (κ3) is 3.04. The van der Waals surface area contributed by atoms with Gasteiger partial charge in [0.2, 0.25) is 5.91 Å². The minimum atomic E-state index is -0.372. The zero-order valence-corrected chi connectivity index (χ0v) is 12.4.